The fraction of sp³-hybridized carbons (Fsp3) is 0.250. The molecule has 0 bridgehead atoms. The third kappa shape index (κ3) is 3.77. The maximum absolute atomic E-state index is 5.86. The van der Waals surface area contributed by atoms with Crippen LogP contribution in [0.4, 0.5) is 0 Å². The van der Waals surface area contributed by atoms with Gasteiger partial charge in [0, 0.05) is 0 Å². The van der Waals surface area contributed by atoms with Gasteiger partial charge in [0.15, 0.2) is 0 Å². The fourth-order valence-electron chi connectivity index (χ4n) is 1.79. The van der Waals surface area contributed by atoms with E-state index in [1.54, 1.807) is 0 Å². The number of hydrogen-bond donors (Lipinski definition) is 0. The molecule has 0 unspecified atom stereocenters. The van der Waals surface area contributed by atoms with E-state index in [2.05, 4.69) is 45.2 Å². The van der Waals surface area contributed by atoms with Crippen molar-refractivity contribution in [2.75, 3.05) is 0 Å². The van der Waals surface area contributed by atoms with Gasteiger partial charge in [-0.2, -0.15) is 0 Å². The van der Waals surface area contributed by atoms with Crippen molar-refractivity contribution in [1.82, 2.24) is 0 Å². The first-order chi connectivity index (χ1) is 8.55. The van der Waals surface area contributed by atoms with Crippen LogP contribution < -0.4 is 8.32 Å². The zero-order valence-corrected chi connectivity index (χ0v) is 14.2. The second kappa shape index (κ2) is 5.79. The molecular formula is C16H20OSn. The molecule has 2 rings (SSSR count). The first-order valence-electron chi connectivity index (χ1n) is 6.33. The second-order valence-corrected chi connectivity index (χ2v) is 20.0. The van der Waals surface area contributed by atoms with Gasteiger partial charge < -0.3 is 0 Å². The van der Waals surface area contributed by atoms with Gasteiger partial charge in [-0.3, -0.25) is 0 Å². The third-order valence-corrected chi connectivity index (χ3v) is 8.78. The number of hydrogen-bond acceptors (Lipinski definition) is 1. The Morgan fingerprint density at radius 1 is 0.889 bits per heavy atom. The Labute approximate surface area is 114 Å². The molecule has 0 spiro atoms. The van der Waals surface area contributed by atoms with Crippen LogP contribution in [0.15, 0.2) is 54.6 Å². The summed E-state index contributed by atoms with van der Waals surface area (Å²) < 4.78 is 7.37. The predicted molar refractivity (Wildman–Crippen MR) is 80.2 cm³/mol. The molecule has 18 heavy (non-hydrogen) atoms. The Balaban J connectivity index is 2.06. The molecule has 2 heteroatoms. The van der Waals surface area contributed by atoms with Crippen LogP contribution in [0, 0.1) is 0 Å². The zero-order chi connectivity index (χ0) is 13.0. The van der Waals surface area contributed by atoms with Crippen LogP contribution in [0.25, 0.3) is 0 Å². The summed E-state index contributed by atoms with van der Waals surface area (Å²) in [5, 5.41) is 0. The summed E-state index contributed by atoms with van der Waals surface area (Å²) in [6.45, 7) is 0.643. The summed E-state index contributed by atoms with van der Waals surface area (Å²) in [4.78, 5) is 7.26. The molecule has 0 saturated heterocycles. The van der Waals surface area contributed by atoms with Crippen LogP contribution in [0.2, 0.25) is 14.8 Å². The molecule has 0 aromatic heterocycles. The van der Waals surface area contributed by atoms with Gasteiger partial charge in [-0.25, -0.2) is 0 Å². The molecule has 1 nitrogen and oxygen atoms in total. The Morgan fingerprint density at radius 2 is 1.61 bits per heavy atom. The fourth-order valence-corrected chi connectivity index (χ4v) is 5.14. The molecule has 0 fully saturated rings. The van der Waals surface area contributed by atoms with Gasteiger partial charge in [0.05, 0.1) is 0 Å². The average molecular weight is 347 g/mol. The van der Waals surface area contributed by atoms with Crippen molar-refractivity contribution < 1.29 is 4.74 Å². The van der Waals surface area contributed by atoms with Gasteiger partial charge in [0.1, 0.15) is 0 Å². The van der Waals surface area contributed by atoms with E-state index in [0.717, 1.165) is 5.75 Å². The molecule has 0 N–H and O–H groups in total. The van der Waals surface area contributed by atoms with Gasteiger partial charge in [-0.1, -0.05) is 0 Å². The molecule has 94 valence electrons. The second-order valence-electron chi connectivity index (χ2n) is 5.55. The molecule has 0 heterocycles. The van der Waals surface area contributed by atoms with Crippen LogP contribution >= 0.6 is 0 Å². The van der Waals surface area contributed by atoms with Crippen LogP contribution in [-0.4, -0.2) is 18.4 Å². The maximum atomic E-state index is 5.86. The molecule has 0 atom stereocenters. The van der Waals surface area contributed by atoms with Gasteiger partial charge in [0.25, 0.3) is 0 Å². The SMILES string of the molecule is [CH3][Sn]([CH3])([CH3])[c]1cccc(OCc2ccccc2)c1. The van der Waals surface area contributed by atoms with E-state index in [9.17, 15) is 0 Å². The van der Waals surface area contributed by atoms with E-state index < -0.39 is 18.4 Å². The van der Waals surface area contributed by atoms with Gasteiger partial charge in [-0.05, 0) is 0 Å². The van der Waals surface area contributed by atoms with Gasteiger partial charge >= 0.3 is 114 Å². The Kier molecular flexibility index (Phi) is 4.33. The number of rotatable bonds is 4. The van der Waals surface area contributed by atoms with E-state index in [0.29, 0.717) is 6.61 Å². The van der Waals surface area contributed by atoms with Crippen LogP contribution in [0.1, 0.15) is 5.56 Å². The van der Waals surface area contributed by atoms with E-state index in [4.69, 9.17) is 4.74 Å². The summed E-state index contributed by atoms with van der Waals surface area (Å²) in [6, 6.07) is 18.9. The van der Waals surface area contributed by atoms with Gasteiger partial charge in [-0.15, -0.1) is 0 Å². The van der Waals surface area contributed by atoms with Crippen LogP contribution in [0.3, 0.4) is 0 Å². The molecule has 2 aromatic rings. The Bertz CT molecular complexity index is 500. The quantitative estimate of drug-likeness (QED) is 0.765. The normalized spacial score (nSPS) is 11.3. The predicted octanol–water partition coefficient (Wildman–Crippen LogP) is 3.81. The Morgan fingerprint density at radius 3 is 2.28 bits per heavy atom. The van der Waals surface area contributed by atoms with Crippen molar-refractivity contribution in [2.45, 2.75) is 21.4 Å². The van der Waals surface area contributed by atoms with Crippen molar-refractivity contribution in [3.63, 3.8) is 0 Å². The van der Waals surface area contributed by atoms with Crippen LogP contribution in [-0.2, 0) is 6.61 Å². The number of benzene rings is 2. The summed E-state index contributed by atoms with van der Waals surface area (Å²) in [6.07, 6.45) is 0. The topological polar surface area (TPSA) is 9.23 Å². The summed E-state index contributed by atoms with van der Waals surface area (Å²) in [7, 11) is 0. The molecule has 2 aromatic carbocycles. The van der Waals surface area contributed by atoms with E-state index >= 15 is 0 Å². The summed E-state index contributed by atoms with van der Waals surface area (Å²) >= 11 is -1.98. The van der Waals surface area contributed by atoms with Crippen molar-refractivity contribution >= 4 is 22.0 Å². The van der Waals surface area contributed by atoms with Crippen molar-refractivity contribution in [3.8, 4) is 5.75 Å². The third-order valence-electron chi connectivity index (χ3n) is 2.95. The minimum absolute atomic E-state index is 0.643. The molecule has 0 aliphatic rings. The first-order valence-corrected chi connectivity index (χ1v) is 16.3. The summed E-state index contributed by atoms with van der Waals surface area (Å²) in [5.41, 5.74) is 1.21. The van der Waals surface area contributed by atoms with Crippen LogP contribution in [0.5, 0.6) is 5.75 Å². The first kappa shape index (κ1) is 13.5. The van der Waals surface area contributed by atoms with Crippen molar-refractivity contribution in [3.05, 3.63) is 60.2 Å². The zero-order valence-electron chi connectivity index (χ0n) is 11.3. The van der Waals surface area contributed by atoms with E-state index in [1.165, 1.54) is 9.14 Å². The van der Waals surface area contributed by atoms with Crippen molar-refractivity contribution in [1.29, 1.82) is 0 Å². The van der Waals surface area contributed by atoms with E-state index in [1.807, 2.05) is 24.3 Å². The molecule has 0 amide bonds. The Hall–Kier alpha value is -0.961. The average Bonchev–Trinajstić information content (AvgIpc) is 2.37. The molecule has 0 aliphatic carbocycles. The van der Waals surface area contributed by atoms with Gasteiger partial charge in [0.2, 0.25) is 0 Å². The molecule has 0 saturated carbocycles. The minimum atomic E-state index is -1.98. The number of ether oxygens (including phenoxy) is 1. The summed E-state index contributed by atoms with van der Waals surface area (Å²) in [5.74, 6) is 0.989. The molecular weight excluding hydrogens is 327 g/mol. The van der Waals surface area contributed by atoms with E-state index in [-0.39, 0.29) is 0 Å². The standard InChI is InChI=1S/C13H11O.3CH3.Sn/c1-3-7-12(8-4-1)11-14-13-9-5-2-6-10-13;;;;/h1-5,7-10H,11H2;3*1H3;. The molecule has 0 aliphatic heterocycles. The monoisotopic (exact) mass is 348 g/mol. The van der Waals surface area contributed by atoms with Crippen molar-refractivity contribution in [2.24, 2.45) is 0 Å². The molecule has 0 radical (unpaired) electrons.